The predicted molar refractivity (Wildman–Crippen MR) is 114 cm³/mol. The fourth-order valence-corrected chi connectivity index (χ4v) is 2.57. The van der Waals surface area contributed by atoms with Crippen LogP contribution in [0.5, 0.6) is 11.5 Å². The smallest absolute Gasteiger partial charge is 0.261 e. The molecule has 146 valence electrons. The van der Waals surface area contributed by atoms with Crippen molar-refractivity contribution in [1.82, 2.24) is 0 Å². The summed E-state index contributed by atoms with van der Waals surface area (Å²) >= 11 is 0. The van der Waals surface area contributed by atoms with Gasteiger partial charge in [-0.15, -0.1) is 0 Å². The molecule has 0 radical (unpaired) electrons. The van der Waals surface area contributed by atoms with Gasteiger partial charge in [-0.2, -0.15) is 8.42 Å². The van der Waals surface area contributed by atoms with Gasteiger partial charge >= 0.3 is 0 Å². The lowest BCUT2D eigenvalue weighted by Crippen LogP contribution is -1.92. The maximum atomic E-state index is 9.19. The van der Waals surface area contributed by atoms with Crippen molar-refractivity contribution in [3.05, 3.63) is 102 Å². The van der Waals surface area contributed by atoms with E-state index in [0.29, 0.717) is 6.26 Å². The largest absolute Gasteiger partial charge is 0.457 e. The Morgan fingerprint density at radius 2 is 1.43 bits per heavy atom. The third kappa shape index (κ3) is 7.02. The monoisotopic (exact) mass is 396 g/mol. The summed E-state index contributed by atoms with van der Waals surface area (Å²) in [4.78, 5) is 0. The molecule has 0 heterocycles. The molecule has 0 fully saturated rings. The van der Waals surface area contributed by atoms with Crippen molar-refractivity contribution in [2.45, 2.75) is 13.8 Å². The van der Waals surface area contributed by atoms with Crippen LogP contribution >= 0.6 is 0 Å². The van der Waals surface area contributed by atoms with E-state index in [9.17, 15) is 8.42 Å². The fourth-order valence-electron chi connectivity index (χ4n) is 2.57. The lowest BCUT2D eigenvalue weighted by Gasteiger charge is -2.12. The number of hydrogen-bond donors (Lipinski definition) is 1. The van der Waals surface area contributed by atoms with Crippen LogP contribution in [0.1, 0.15) is 22.3 Å². The summed E-state index contributed by atoms with van der Waals surface area (Å²) in [5.41, 5.74) is 5.83. The van der Waals surface area contributed by atoms with Gasteiger partial charge in [-0.1, -0.05) is 60.7 Å². The molecule has 3 rings (SSSR count). The van der Waals surface area contributed by atoms with E-state index in [1.807, 2.05) is 42.5 Å². The van der Waals surface area contributed by atoms with Crippen LogP contribution in [0.25, 0.3) is 5.57 Å². The third-order valence-electron chi connectivity index (χ3n) is 3.90. The number of para-hydroxylation sites is 1. The average Bonchev–Trinajstić information content (AvgIpc) is 2.63. The van der Waals surface area contributed by atoms with E-state index < -0.39 is 10.1 Å². The molecule has 4 nitrogen and oxygen atoms in total. The zero-order chi connectivity index (χ0) is 20.7. The second-order valence-electron chi connectivity index (χ2n) is 6.47. The van der Waals surface area contributed by atoms with Crippen molar-refractivity contribution < 1.29 is 17.7 Å². The Morgan fingerprint density at radius 1 is 0.893 bits per heavy atom. The summed E-state index contributed by atoms with van der Waals surface area (Å²) in [6, 6.07) is 24.3. The topological polar surface area (TPSA) is 63.6 Å². The molecule has 5 heteroatoms. The molecule has 0 bridgehead atoms. The van der Waals surface area contributed by atoms with E-state index >= 15 is 0 Å². The Hall–Kier alpha value is -2.89. The van der Waals surface area contributed by atoms with E-state index in [-0.39, 0.29) is 0 Å². The first-order chi connectivity index (χ1) is 13.1. The minimum Gasteiger partial charge on any atom is -0.457 e. The van der Waals surface area contributed by atoms with Crippen LogP contribution in [-0.2, 0) is 10.1 Å². The molecule has 28 heavy (non-hydrogen) atoms. The second-order valence-corrected chi connectivity index (χ2v) is 7.94. The van der Waals surface area contributed by atoms with Gasteiger partial charge in [0.25, 0.3) is 10.1 Å². The minimum atomic E-state index is -3.67. The summed E-state index contributed by atoms with van der Waals surface area (Å²) in [5, 5.41) is 0. The fraction of sp³-hybridized carbons (Fsp3) is 0.130. The van der Waals surface area contributed by atoms with Crippen molar-refractivity contribution in [2.24, 2.45) is 0 Å². The second kappa shape index (κ2) is 9.35. The van der Waals surface area contributed by atoms with Gasteiger partial charge in [-0.25, -0.2) is 0 Å². The maximum absolute atomic E-state index is 9.19. The normalized spacial score (nSPS) is 10.6. The predicted octanol–water partition coefficient (Wildman–Crippen LogP) is 5.66. The highest BCUT2D eigenvalue weighted by Gasteiger charge is 2.06. The molecule has 0 unspecified atom stereocenters. The first-order valence-electron chi connectivity index (χ1n) is 8.66. The van der Waals surface area contributed by atoms with Crippen molar-refractivity contribution >= 4 is 15.7 Å². The van der Waals surface area contributed by atoms with Crippen LogP contribution < -0.4 is 4.74 Å². The minimum absolute atomic E-state index is 0.715. The van der Waals surface area contributed by atoms with Gasteiger partial charge in [-0.3, -0.25) is 4.55 Å². The summed E-state index contributed by atoms with van der Waals surface area (Å²) < 4.78 is 31.7. The van der Waals surface area contributed by atoms with E-state index in [1.54, 1.807) is 0 Å². The highest BCUT2D eigenvalue weighted by atomic mass is 32.2. The Labute approximate surface area is 166 Å². The summed E-state index contributed by atoms with van der Waals surface area (Å²) in [7, 11) is -3.67. The van der Waals surface area contributed by atoms with Crippen LogP contribution in [0.3, 0.4) is 0 Å². The van der Waals surface area contributed by atoms with Gasteiger partial charge in [0.2, 0.25) is 0 Å². The van der Waals surface area contributed by atoms with Crippen LogP contribution in [0, 0.1) is 13.8 Å². The molecule has 0 atom stereocenters. The molecule has 0 saturated heterocycles. The Bertz CT molecular complexity index is 1030. The molecule has 0 spiro atoms. The van der Waals surface area contributed by atoms with Gasteiger partial charge < -0.3 is 4.74 Å². The summed E-state index contributed by atoms with van der Waals surface area (Å²) in [5.74, 6) is 1.67. The van der Waals surface area contributed by atoms with Gasteiger partial charge in [0.1, 0.15) is 11.5 Å². The van der Waals surface area contributed by atoms with Crippen molar-refractivity contribution in [2.75, 3.05) is 6.26 Å². The molecule has 0 saturated carbocycles. The van der Waals surface area contributed by atoms with Crippen LogP contribution in [0.15, 0.2) is 79.4 Å². The number of hydrogen-bond acceptors (Lipinski definition) is 3. The van der Waals surface area contributed by atoms with E-state index in [1.165, 1.54) is 16.7 Å². The Kier molecular flexibility index (Phi) is 7.15. The first-order valence-corrected chi connectivity index (χ1v) is 10.5. The molecular formula is C23H24O4S. The SMILES string of the molecule is C=C(c1ccc(Oc2ccccc2)cc1)c1cc(C)ccc1C.CS(=O)(=O)O. The van der Waals surface area contributed by atoms with Crippen molar-refractivity contribution in [3.63, 3.8) is 0 Å². The standard InChI is InChI=1S/C22H20O.CH4O3S/c1-16-9-10-17(2)22(15-16)18(3)19-11-13-21(14-12-19)23-20-7-5-4-6-8-20;1-5(2,3)4/h4-15H,3H2,1-2H3;1H3,(H,2,3,4). The van der Waals surface area contributed by atoms with Crippen LogP contribution in [-0.4, -0.2) is 19.2 Å². The summed E-state index contributed by atoms with van der Waals surface area (Å²) in [6.07, 6.45) is 0.715. The van der Waals surface area contributed by atoms with Crippen molar-refractivity contribution in [1.29, 1.82) is 0 Å². The maximum Gasteiger partial charge on any atom is 0.261 e. The van der Waals surface area contributed by atoms with Crippen molar-refractivity contribution in [3.8, 4) is 11.5 Å². The molecule has 1 N–H and O–H groups in total. The number of rotatable bonds is 4. The molecule has 0 aliphatic carbocycles. The van der Waals surface area contributed by atoms with Gasteiger partial charge in [0, 0.05) is 0 Å². The first kappa shape index (κ1) is 21.4. The molecule has 0 aliphatic rings. The molecule has 0 amide bonds. The van der Waals surface area contributed by atoms with Crippen LogP contribution in [0.2, 0.25) is 0 Å². The van der Waals surface area contributed by atoms with E-state index in [2.05, 4.69) is 50.8 Å². The molecule has 0 aromatic heterocycles. The zero-order valence-corrected chi connectivity index (χ0v) is 17.0. The Morgan fingerprint density at radius 3 is 2.00 bits per heavy atom. The lowest BCUT2D eigenvalue weighted by molar-refractivity contribution is 0.482. The highest BCUT2D eigenvalue weighted by Crippen LogP contribution is 2.28. The van der Waals surface area contributed by atoms with Crippen LogP contribution in [0.4, 0.5) is 0 Å². The quantitative estimate of drug-likeness (QED) is 0.578. The number of aryl methyl sites for hydroxylation is 2. The zero-order valence-electron chi connectivity index (χ0n) is 16.2. The Balaban J connectivity index is 0.000000500. The van der Waals surface area contributed by atoms with E-state index in [4.69, 9.17) is 9.29 Å². The molecule has 0 aliphatic heterocycles. The lowest BCUT2D eigenvalue weighted by atomic mass is 9.94. The highest BCUT2D eigenvalue weighted by molar-refractivity contribution is 7.85. The van der Waals surface area contributed by atoms with E-state index in [0.717, 1.165) is 22.6 Å². The molecule has 3 aromatic carbocycles. The molecular weight excluding hydrogens is 372 g/mol. The third-order valence-corrected chi connectivity index (χ3v) is 3.90. The summed E-state index contributed by atoms with van der Waals surface area (Å²) in [6.45, 7) is 8.49. The average molecular weight is 397 g/mol. The van der Waals surface area contributed by atoms with Gasteiger partial charge in [-0.05, 0) is 60.4 Å². The van der Waals surface area contributed by atoms with Gasteiger partial charge in [0.15, 0.2) is 0 Å². The number of benzene rings is 3. The molecule has 3 aromatic rings. The van der Waals surface area contributed by atoms with Gasteiger partial charge in [0.05, 0.1) is 6.26 Å². The number of ether oxygens (including phenoxy) is 1.